The van der Waals surface area contributed by atoms with E-state index in [0.717, 1.165) is 54.2 Å². The Hall–Kier alpha value is -3.65. The lowest BCUT2D eigenvalue weighted by molar-refractivity contribution is 0.102. The van der Waals surface area contributed by atoms with Crippen molar-refractivity contribution in [3.05, 3.63) is 60.2 Å². The Labute approximate surface area is 199 Å². The van der Waals surface area contributed by atoms with Crippen molar-refractivity contribution >= 4 is 28.4 Å². The molecule has 0 atom stereocenters. The lowest BCUT2D eigenvalue weighted by Gasteiger charge is -2.30. The van der Waals surface area contributed by atoms with Crippen molar-refractivity contribution in [2.24, 2.45) is 0 Å². The van der Waals surface area contributed by atoms with Crippen molar-refractivity contribution in [1.29, 1.82) is 0 Å². The maximum atomic E-state index is 12.8. The van der Waals surface area contributed by atoms with E-state index in [2.05, 4.69) is 57.3 Å². The van der Waals surface area contributed by atoms with E-state index in [-0.39, 0.29) is 11.9 Å². The highest BCUT2D eigenvalue weighted by molar-refractivity contribution is 6.04. The molecule has 3 N–H and O–H groups in total. The smallest absolute Gasteiger partial charge is 0.256 e. The summed E-state index contributed by atoms with van der Waals surface area (Å²) in [7, 11) is 2.16. The zero-order chi connectivity index (χ0) is 23.7. The largest absolute Gasteiger partial charge is 0.382 e. The fourth-order valence-corrected chi connectivity index (χ4v) is 4.55. The van der Waals surface area contributed by atoms with E-state index in [0.29, 0.717) is 17.4 Å². The summed E-state index contributed by atoms with van der Waals surface area (Å²) in [6.45, 7) is 6.47. The molecule has 0 bridgehead atoms. The van der Waals surface area contributed by atoms with Gasteiger partial charge in [-0.1, -0.05) is 12.1 Å². The van der Waals surface area contributed by atoms with Gasteiger partial charge in [0.1, 0.15) is 5.69 Å². The third kappa shape index (κ3) is 4.54. The van der Waals surface area contributed by atoms with Gasteiger partial charge >= 0.3 is 0 Å². The number of aromatic amines is 1. The molecular weight excluding hydrogens is 426 g/mol. The van der Waals surface area contributed by atoms with Crippen molar-refractivity contribution in [1.82, 2.24) is 24.6 Å². The number of para-hydroxylation sites is 2. The molecular formula is C26H31N7O. The zero-order valence-corrected chi connectivity index (χ0v) is 19.9. The number of nitrogens with one attached hydrogen (secondary N) is 3. The van der Waals surface area contributed by atoms with Crippen LogP contribution < -0.4 is 10.6 Å². The number of hydrogen-bond acceptors (Lipinski definition) is 5. The second-order valence-corrected chi connectivity index (χ2v) is 9.31. The van der Waals surface area contributed by atoms with Crippen LogP contribution in [0.5, 0.6) is 0 Å². The van der Waals surface area contributed by atoms with Crippen molar-refractivity contribution in [2.45, 2.75) is 38.8 Å². The number of carbonyl (C=O) groups excluding carboxylic acids is 1. The van der Waals surface area contributed by atoms with Gasteiger partial charge in [-0.3, -0.25) is 9.89 Å². The van der Waals surface area contributed by atoms with Crippen LogP contribution in [0.2, 0.25) is 0 Å². The topological polar surface area (TPSA) is 90.9 Å². The predicted molar refractivity (Wildman–Crippen MR) is 136 cm³/mol. The quantitative estimate of drug-likeness (QED) is 0.388. The molecule has 0 aliphatic carbocycles. The number of carbonyl (C=O) groups is 1. The molecule has 34 heavy (non-hydrogen) atoms. The van der Waals surface area contributed by atoms with E-state index in [1.54, 1.807) is 0 Å². The van der Waals surface area contributed by atoms with Crippen LogP contribution in [-0.2, 0) is 0 Å². The molecule has 1 saturated heterocycles. The van der Waals surface area contributed by atoms with Crippen LogP contribution in [-0.4, -0.2) is 56.7 Å². The molecule has 1 aliphatic heterocycles. The average Bonchev–Trinajstić information content (AvgIpc) is 3.45. The van der Waals surface area contributed by atoms with Crippen LogP contribution in [0.4, 0.5) is 11.5 Å². The number of fused-ring (bicyclic) bond motifs is 1. The Morgan fingerprint density at radius 2 is 1.82 bits per heavy atom. The fraction of sp³-hybridized carbons (Fsp3) is 0.346. The molecule has 0 spiro atoms. The van der Waals surface area contributed by atoms with E-state index >= 15 is 0 Å². The van der Waals surface area contributed by atoms with Gasteiger partial charge in [0.2, 0.25) is 0 Å². The minimum atomic E-state index is -0.193. The number of piperidine rings is 1. The zero-order valence-electron chi connectivity index (χ0n) is 19.9. The monoisotopic (exact) mass is 457 g/mol. The molecule has 1 amide bonds. The minimum Gasteiger partial charge on any atom is -0.382 e. The Morgan fingerprint density at radius 3 is 2.56 bits per heavy atom. The molecule has 176 valence electrons. The van der Waals surface area contributed by atoms with Gasteiger partial charge in [-0.05, 0) is 83.2 Å². The minimum absolute atomic E-state index is 0.193. The first-order chi connectivity index (χ1) is 16.5. The summed E-state index contributed by atoms with van der Waals surface area (Å²) < 4.78 is 2.17. The predicted octanol–water partition coefficient (Wildman–Crippen LogP) is 4.77. The fourth-order valence-electron chi connectivity index (χ4n) is 4.55. The number of H-pyrrole nitrogens is 1. The van der Waals surface area contributed by atoms with Crippen LogP contribution in [0, 0.1) is 0 Å². The number of rotatable bonds is 6. The average molecular weight is 458 g/mol. The maximum absolute atomic E-state index is 12.8. The van der Waals surface area contributed by atoms with Gasteiger partial charge < -0.3 is 20.1 Å². The van der Waals surface area contributed by atoms with Crippen LogP contribution in [0.3, 0.4) is 0 Å². The number of hydrogen-bond donors (Lipinski definition) is 3. The first-order valence-corrected chi connectivity index (χ1v) is 11.9. The summed E-state index contributed by atoms with van der Waals surface area (Å²) in [4.78, 5) is 19.9. The van der Waals surface area contributed by atoms with Crippen molar-refractivity contribution in [3.63, 3.8) is 0 Å². The van der Waals surface area contributed by atoms with Gasteiger partial charge in [0.05, 0.1) is 11.0 Å². The molecule has 0 radical (unpaired) electrons. The molecule has 2 aromatic carbocycles. The number of aromatic nitrogens is 4. The van der Waals surface area contributed by atoms with E-state index < -0.39 is 0 Å². The van der Waals surface area contributed by atoms with Gasteiger partial charge in [0.15, 0.2) is 11.6 Å². The van der Waals surface area contributed by atoms with Crippen molar-refractivity contribution in [3.8, 4) is 11.5 Å². The van der Waals surface area contributed by atoms with Crippen LogP contribution in [0.25, 0.3) is 22.6 Å². The lowest BCUT2D eigenvalue weighted by Crippen LogP contribution is -2.36. The molecule has 0 unspecified atom stereocenters. The SMILES string of the molecule is CC(C)n1c(-c2cc(NC(=O)c3ccc(NC4CCN(C)CC4)cc3)n[nH]2)nc2ccccc21. The highest BCUT2D eigenvalue weighted by Gasteiger charge is 2.18. The first-order valence-electron chi connectivity index (χ1n) is 11.9. The maximum Gasteiger partial charge on any atom is 0.256 e. The third-order valence-corrected chi connectivity index (χ3v) is 6.41. The van der Waals surface area contributed by atoms with E-state index in [9.17, 15) is 4.79 Å². The van der Waals surface area contributed by atoms with Crippen molar-refractivity contribution in [2.75, 3.05) is 30.8 Å². The Kier molecular flexibility index (Phi) is 6.06. The molecule has 0 saturated carbocycles. The Morgan fingerprint density at radius 1 is 1.09 bits per heavy atom. The van der Waals surface area contributed by atoms with Crippen LogP contribution >= 0.6 is 0 Å². The summed E-state index contributed by atoms with van der Waals surface area (Å²) in [6, 6.07) is 18.2. The van der Waals surface area contributed by atoms with Gasteiger partial charge in [-0.2, -0.15) is 5.10 Å². The number of nitrogens with zero attached hydrogens (tertiary/aromatic N) is 4. The molecule has 8 nitrogen and oxygen atoms in total. The lowest BCUT2D eigenvalue weighted by atomic mass is 10.0. The Bertz CT molecular complexity index is 1280. The molecule has 5 rings (SSSR count). The second kappa shape index (κ2) is 9.30. The third-order valence-electron chi connectivity index (χ3n) is 6.41. The summed E-state index contributed by atoms with van der Waals surface area (Å²) in [5.74, 6) is 1.07. The molecule has 1 aliphatic rings. The molecule has 4 aromatic rings. The first kappa shape index (κ1) is 22.2. The van der Waals surface area contributed by atoms with Crippen molar-refractivity contribution < 1.29 is 4.79 Å². The highest BCUT2D eigenvalue weighted by atomic mass is 16.1. The molecule has 1 fully saturated rings. The standard InChI is InChI=1S/C26H31N7O/c1-17(2)33-23-7-5-4-6-21(23)28-25(33)22-16-24(31-30-22)29-26(34)18-8-10-19(11-9-18)27-20-12-14-32(3)15-13-20/h4-11,16-17,20,27H,12-15H2,1-3H3,(H2,29,30,31,34). The van der Waals surface area contributed by atoms with Crippen LogP contribution in [0.1, 0.15) is 43.1 Å². The molecule has 2 aromatic heterocycles. The highest BCUT2D eigenvalue weighted by Crippen LogP contribution is 2.28. The number of imidazole rings is 1. The normalized spacial score (nSPS) is 15.2. The van der Waals surface area contributed by atoms with Crippen LogP contribution in [0.15, 0.2) is 54.6 Å². The van der Waals surface area contributed by atoms with E-state index in [1.807, 2.05) is 48.5 Å². The van der Waals surface area contributed by atoms with Gasteiger partial charge in [0.25, 0.3) is 5.91 Å². The number of likely N-dealkylation sites (tertiary alicyclic amines) is 1. The summed E-state index contributed by atoms with van der Waals surface area (Å²) in [5.41, 5.74) is 4.40. The van der Waals surface area contributed by atoms with E-state index in [1.165, 1.54) is 0 Å². The van der Waals surface area contributed by atoms with Gasteiger partial charge in [0, 0.05) is 29.4 Å². The summed E-state index contributed by atoms with van der Waals surface area (Å²) in [5, 5.41) is 13.8. The van der Waals surface area contributed by atoms with Gasteiger partial charge in [-0.15, -0.1) is 0 Å². The summed E-state index contributed by atoms with van der Waals surface area (Å²) >= 11 is 0. The van der Waals surface area contributed by atoms with Gasteiger partial charge in [-0.25, -0.2) is 4.98 Å². The Balaban J connectivity index is 1.27. The molecule has 3 heterocycles. The second-order valence-electron chi connectivity index (χ2n) is 9.31. The number of anilines is 2. The summed E-state index contributed by atoms with van der Waals surface area (Å²) in [6.07, 6.45) is 2.26. The number of amides is 1. The number of benzene rings is 2. The molecule has 8 heteroatoms. The van der Waals surface area contributed by atoms with E-state index in [4.69, 9.17) is 4.98 Å².